The number of oxime groups is 1. The molecule has 0 spiro atoms. The zero-order valence-electron chi connectivity index (χ0n) is 21.9. The minimum Gasteiger partial charge on any atom is -0.507 e. The fourth-order valence-corrected chi connectivity index (χ4v) is 5.30. The third-order valence-electron chi connectivity index (χ3n) is 6.17. The van der Waals surface area contributed by atoms with Gasteiger partial charge in [0, 0.05) is 12.8 Å². The summed E-state index contributed by atoms with van der Waals surface area (Å²) < 4.78 is 20.4. The molecule has 0 radical (unpaired) electrons. The van der Waals surface area contributed by atoms with Crippen molar-refractivity contribution in [3.8, 4) is 5.75 Å². The number of hydrogen-bond donors (Lipinski definition) is 3. The number of amides is 1. The Morgan fingerprint density at radius 1 is 1.00 bits per heavy atom. The number of phenols is 1. The van der Waals surface area contributed by atoms with Gasteiger partial charge < -0.3 is 20.0 Å². The molecule has 1 amide bonds. The molecule has 1 heterocycles. The van der Waals surface area contributed by atoms with Crippen LogP contribution in [0.2, 0.25) is 5.02 Å². The van der Waals surface area contributed by atoms with Gasteiger partial charge in [0.05, 0.1) is 40.6 Å². The normalized spacial score (nSPS) is 16.8. The van der Waals surface area contributed by atoms with Gasteiger partial charge in [-0.1, -0.05) is 83.5 Å². The summed E-state index contributed by atoms with van der Waals surface area (Å²) in [5.74, 6) is -2.20. The summed E-state index contributed by atoms with van der Waals surface area (Å²) in [5, 5.41) is 16.5. The van der Waals surface area contributed by atoms with Crippen LogP contribution in [0.15, 0.2) is 84.0 Å². The summed E-state index contributed by atoms with van der Waals surface area (Å²) in [6.45, 7) is -0.933. The first-order valence-corrected chi connectivity index (χ1v) is 14.3. The van der Waals surface area contributed by atoms with E-state index in [9.17, 15) is 23.7 Å². The van der Waals surface area contributed by atoms with E-state index in [4.69, 9.17) is 21.2 Å². The zero-order chi connectivity index (χ0) is 29.2. The minimum absolute atomic E-state index is 0.0221. The summed E-state index contributed by atoms with van der Waals surface area (Å²) in [4.78, 5) is 43.7. The SMILES string of the molecule is O=C(CNC(=O)C1(Cc2ccccc2)CC(CNS(=O)Cc2ccccc2)=NO1)COC(=O)c1c(O)cccc1Cl. The lowest BCUT2D eigenvalue weighted by Gasteiger charge is -2.25. The van der Waals surface area contributed by atoms with Crippen molar-refractivity contribution in [2.75, 3.05) is 19.7 Å². The number of benzene rings is 3. The number of rotatable bonds is 13. The van der Waals surface area contributed by atoms with Gasteiger partial charge in [0.1, 0.15) is 11.3 Å². The van der Waals surface area contributed by atoms with Gasteiger partial charge in [-0.25, -0.2) is 13.7 Å². The van der Waals surface area contributed by atoms with Crippen LogP contribution in [0.5, 0.6) is 5.75 Å². The van der Waals surface area contributed by atoms with Crippen LogP contribution in [0, 0.1) is 0 Å². The summed E-state index contributed by atoms with van der Waals surface area (Å²) in [7, 11) is -1.37. The van der Waals surface area contributed by atoms with Gasteiger partial charge in [0.2, 0.25) is 5.60 Å². The van der Waals surface area contributed by atoms with Crippen molar-refractivity contribution < 1.29 is 33.3 Å². The minimum atomic E-state index is -1.43. The highest BCUT2D eigenvalue weighted by molar-refractivity contribution is 7.82. The number of phenolic OH excluding ortho intramolecular Hbond substituents is 1. The van der Waals surface area contributed by atoms with Gasteiger partial charge in [-0.2, -0.15) is 0 Å². The van der Waals surface area contributed by atoms with Crippen molar-refractivity contribution in [3.05, 3.63) is 101 Å². The smallest absolute Gasteiger partial charge is 0.343 e. The Morgan fingerprint density at radius 2 is 1.68 bits per heavy atom. The highest BCUT2D eigenvalue weighted by Gasteiger charge is 2.46. The maximum Gasteiger partial charge on any atom is 0.343 e. The molecule has 12 heteroatoms. The van der Waals surface area contributed by atoms with E-state index in [2.05, 4.69) is 15.2 Å². The second-order valence-electron chi connectivity index (χ2n) is 9.31. The maximum atomic E-state index is 13.3. The van der Waals surface area contributed by atoms with E-state index in [0.717, 1.165) is 11.1 Å². The Balaban J connectivity index is 1.33. The lowest BCUT2D eigenvalue weighted by atomic mass is 9.88. The number of carbonyl (C=O) groups is 3. The predicted molar refractivity (Wildman–Crippen MR) is 154 cm³/mol. The van der Waals surface area contributed by atoms with Crippen molar-refractivity contribution in [2.45, 2.75) is 24.2 Å². The molecule has 214 valence electrons. The average Bonchev–Trinajstić information content (AvgIpc) is 3.38. The lowest BCUT2D eigenvalue weighted by molar-refractivity contribution is -0.144. The largest absolute Gasteiger partial charge is 0.507 e. The van der Waals surface area contributed by atoms with Crippen LogP contribution in [0.3, 0.4) is 0 Å². The summed E-state index contributed by atoms with van der Waals surface area (Å²) in [5.41, 5.74) is 0.548. The second kappa shape index (κ2) is 14.0. The molecule has 2 unspecified atom stereocenters. The standard InChI is InChI=1S/C29H28ClN3O7S/c30-24-12-7-13-25(35)26(24)27(36)39-18-23(34)17-31-28(37)29(14-20-8-3-1-4-9-20)15-22(33-40-29)16-32-41(38)19-21-10-5-2-6-11-21/h1-13,32,35H,14-19H2,(H,31,37). The van der Waals surface area contributed by atoms with E-state index in [1.54, 1.807) is 0 Å². The van der Waals surface area contributed by atoms with Crippen molar-refractivity contribution in [3.63, 3.8) is 0 Å². The monoisotopic (exact) mass is 597 g/mol. The average molecular weight is 598 g/mol. The molecule has 0 aromatic heterocycles. The second-order valence-corrected chi connectivity index (χ2v) is 11.0. The first-order valence-electron chi connectivity index (χ1n) is 12.6. The number of nitrogens with zero attached hydrogens (tertiary/aromatic N) is 1. The van der Waals surface area contributed by atoms with Gasteiger partial charge in [-0.05, 0) is 23.3 Å². The van der Waals surface area contributed by atoms with Crippen molar-refractivity contribution in [1.29, 1.82) is 0 Å². The Kier molecular flexibility index (Phi) is 10.2. The quantitative estimate of drug-likeness (QED) is 0.257. The molecule has 41 heavy (non-hydrogen) atoms. The Hall–Kier alpha value is -4.06. The first kappa shape index (κ1) is 29.9. The van der Waals surface area contributed by atoms with E-state index in [0.29, 0.717) is 11.5 Å². The molecule has 0 fully saturated rings. The van der Waals surface area contributed by atoms with E-state index in [1.165, 1.54) is 18.2 Å². The maximum absolute atomic E-state index is 13.3. The van der Waals surface area contributed by atoms with Crippen LogP contribution in [0.4, 0.5) is 0 Å². The number of carbonyl (C=O) groups excluding carboxylic acids is 3. The number of Topliss-reactive ketones (excluding diaryl/α,β-unsaturated/α-hetero) is 1. The van der Waals surface area contributed by atoms with Gasteiger partial charge in [-0.15, -0.1) is 0 Å². The van der Waals surface area contributed by atoms with Crippen LogP contribution >= 0.6 is 11.6 Å². The highest BCUT2D eigenvalue weighted by Crippen LogP contribution is 2.29. The van der Waals surface area contributed by atoms with Crippen LogP contribution < -0.4 is 10.0 Å². The van der Waals surface area contributed by atoms with Crippen LogP contribution in [0.25, 0.3) is 0 Å². The number of esters is 1. The molecule has 4 rings (SSSR count). The topological polar surface area (TPSA) is 143 Å². The number of hydrogen-bond acceptors (Lipinski definition) is 8. The van der Waals surface area contributed by atoms with Gasteiger partial charge >= 0.3 is 5.97 Å². The predicted octanol–water partition coefficient (Wildman–Crippen LogP) is 3.10. The summed E-state index contributed by atoms with van der Waals surface area (Å²) in [6, 6.07) is 22.7. The number of aromatic hydroxyl groups is 1. The summed E-state index contributed by atoms with van der Waals surface area (Å²) in [6.07, 6.45) is 0.285. The number of ether oxygens (including phenoxy) is 1. The molecule has 10 nitrogen and oxygen atoms in total. The molecule has 3 N–H and O–H groups in total. The first-order chi connectivity index (χ1) is 19.8. The number of halogens is 1. The molecular weight excluding hydrogens is 570 g/mol. The van der Waals surface area contributed by atoms with Gasteiger partial charge in [0.25, 0.3) is 5.91 Å². The molecule has 0 aliphatic carbocycles. The van der Waals surface area contributed by atoms with Crippen LogP contribution in [0.1, 0.15) is 27.9 Å². The van der Waals surface area contributed by atoms with Gasteiger partial charge in [0.15, 0.2) is 12.4 Å². The molecule has 2 atom stereocenters. The van der Waals surface area contributed by atoms with Crippen LogP contribution in [-0.2, 0) is 42.3 Å². The summed E-state index contributed by atoms with van der Waals surface area (Å²) >= 11 is 5.94. The van der Waals surface area contributed by atoms with E-state index < -0.39 is 47.4 Å². The van der Waals surface area contributed by atoms with Crippen molar-refractivity contribution in [2.24, 2.45) is 5.16 Å². The fraction of sp³-hybridized carbons (Fsp3) is 0.241. The number of nitrogens with one attached hydrogen (secondary N) is 2. The van der Waals surface area contributed by atoms with Gasteiger partial charge in [-0.3, -0.25) is 9.59 Å². The van der Waals surface area contributed by atoms with Crippen LogP contribution in [-0.4, -0.2) is 58.0 Å². The molecule has 3 aromatic carbocycles. The molecule has 0 bridgehead atoms. The molecule has 0 saturated carbocycles. The third kappa shape index (κ3) is 8.23. The van der Waals surface area contributed by atoms with Crippen molar-refractivity contribution >= 4 is 46.0 Å². The molecule has 1 aliphatic rings. The van der Waals surface area contributed by atoms with E-state index in [1.807, 2.05) is 60.7 Å². The lowest BCUT2D eigenvalue weighted by Crippen LogP contribution is -2.50. The molecule has 1 aliphatic heterocycles. The van der Waals surface area contributed by atoms with E-state index in [-0.39, 0.29) is 35.7 Å². The molecule has 3 aromatic rings. The molecular formula is C29H28ClN3O7S. The zero-order valence-corrected chi connectivity index (χ0v) is 23.5. The number of ketones is 1. The fourth-order valence-electron chi connectivity index (χ4n) is 4.13. The molecule has 0 saturated heterocycles. The van der Waals surface area contributed by atoms with Crippen molar-refractivity contribution in [1.82, 2.24) is 10.0 Å². The highest BCUT2D eigenvalue weighted by atomic mass is 35.5. The Morgan fingerprint density at radius 3 is 2.37 bits per heavy atom. The third-order valence-corrected chi connectivity index (χ3v) is 7.55. The van der Waals surface area contributed by atoms with E-state index >= 15 is 0 Å². The Labute approximate surface area is 244 Å². The Bertz CT molecular complexity index is 1430.